The first-order chi connectivity index (χ1) is 5.09. The van der Waals surface area contributed by atoms with Crippen LogP contribution in [0.25, 0.3) is 0 Å². The van der Waals surface area contributed by atoms with Gasteiger partial charge in [-0.2, -0.15) is 0 Å². The van der Waals surface area contributed by atoms with Crippen LogP contribution >= 0.6 is 0 Å². The predicted octanol–water partition coefficient (Wildman–Crippen LogP) is 1.72. The topological polar surface area (TPSA) is 3.24 Å². The number of nitrogens with zero attached hydrogens (tertiary/aromatic N) is 1. The minimum absolute atomic E-state index is 0.117. The van der Waals surface area contributed by atoms with E-state index in [1.807, 2.05) is 0 Å². The SMILES string of the molecule is CC=C[SiH2]N(C(C)C)C(C)C. The van der Waals surface area contributed by atoms with Crippen molar-refractivity contribution < 1.29 is 0 Å². The molecule has 0 aromatic heterocycles. The van der Waals surface area contributed by atoms with Crippen molar-refractivity contribution in [3.63, 3.8) is 0 Å². The molecule has 0 aliphatic heterocycles. The van der Waals surface area contributed by atoms with E-state index in [1.165, 1.54) is 0 Å². The second-order valence-electron chi connectivity index (χ2n) is 3.45. The Morgan fingerprint density at radius 3 is 1.82 bits per heavy atom. The van der Waals surface area contributed by atoms with E-state index in [-0.39, 0.29) is 9.68 Å². The van der Waals surface area contributed by atoms with Gasteiger partial charge in [0.05, 0.1) is 0 Å². The largest absolute Gasteiger partial charge is 0.321 e. The fraction of sp³-hybridized carbons (Fsp3) is 0.778. The van der Waals surface area contributed by atoms with E-state index in [0.29, 0.717) is 12.1 Å². The van der Waals surface area contributed by atoms with Gasteiger partial charge >= 0.3 is 0 Å². The predicted molar refractivity (Wildman–Crippen MR) is 55.5 cm³/mol. The first kappa shape index (κ1) is 10.9. The normalized spacial score (nSPS) is 13.8. The molecule has 0 heterocycles. The molecule has 0 aromatic rings. The van der Waals surface area contributed by atoms with Crippen molar-refractivity contribution in [3.8, 4) is 0 Å². The molecule has 0 radical (unpaired) electrons. The lowest BCUT2D eigenvalue weighted by Gasteiger charge is -2.29. The molecule has 0 unspecified atom stereocenters. The Morgan fingerprint density at radius 1 is 1.09 bits per heavy atom. The van der Waals surface area contributed by atoms with Crippen LogP contribution in [0.3, 0.4) is 0 Å². The molecule has 0 atom stereocenters. The summed E-state index contributed by atoms with van der Waals surface area (Å²) in [5.41, 5.74) is 2.35. The maximum absolute atomic E-state index is 2.60. The van der Waals surface area contributed by atoms with E-state index in [2.05, 4.69) is 51.0 Å². The Balaban J connectivity index is 3.89. The zero-order valence-electron chi connectivity index (χ0n) is 8.46. The van der Waals surface area contributed by atoms with E-state index < -0.39 is 0 Å². The summed E-state index contributed by atoms with van der Waals surface area (Å²) in [6.07, 6.45) is 2.17. The lowest BCUT2D eigenvalue weighted by molar-refractivity contribution is 0.315. The molecular weight excluding hydrogens is 150 g/mol. The molecule has 0 saturated carbocycles. The lowest BCUT2D eigenvalue weighted by Crippen LogP contribution is -2.39. The quantitative estimate of drug-likeness (QED) is 0.582. The first-order valence-corrected chi connectivity index (χ1v) is 5.91. The number of hydrogen-bond donors (Lipinski definition) is 0. The second kappa shape index (κ2) is 5.55. The van der Waals surface area contributed by atoms with Gasteiger partial charge in [-0.3, -0.25) is 0 Å². The van der Waals surface area contributed by atoms with Crippen molar-refractivity contribution in [1.82, 2.24) is 4.57 Å². The van der Waals surface area contributed by atoms with Gasteiger partial charge in [-0.15, -0.1) is 0 Å². The van der Waals surface area contributed by atoms with Crippen molar-refractivity contribution in [3.05, 3.63) is 11.8 Å². The van der Waals surface area contributed by atoms with Crippen molar-refractivity contribution in [2.75, 3.05) is 0 Å². The van der Waals surface area contributed by atoms with Gasteiger partial charge in [0.25, 0.3) is 0 Å². The molecule has 0 aliphatic rings. The molecule has 0 N–H and O–H groups in total. The molecule has 66 valence electrons. The second-order valence-corrected chi connectivity index (χ2v) is 5.02. The lowest BCUT2D eigenvalue weighted by atomic mass is 10.3. The summed E-state index contributed by atoms with van der Waals surface area (Å²) in [7, 11) is -0.117. The molecule has 0 aromatic carbocycles. The Kier molecular flexibility index (Phi) is 5.51. The van der Waals surface area contributed by atoms with Crippen LogP contribution in [-0.2, 0) is 0 Å². The Bertz CT molecular complexity index is 111. The van der Waals surface area contributed by atoms with E-state index in [0.717, 1.165) is 0 Å². The third-order valence-corrected chi connectivity index (χ3v) is 4.44. The Hall–Kier alpha value is -0.0831. The molecule has 11 heavy (non-hydrogen) atoms. The van der Waals surface area contributed by atoms with Gasteiger partial charge in [-0.25, -0.2) is 0 Å². The van der Waals surface area contributed by atoms with E-state index >= 15 is 0 Å². The van der Waals surface area contributed by atoms with Crippen molar-refractivity contribution in [2.24, 2.45) is 0 Å². The minimum Gasteiger partial charge on any atom is -0.321 e. The molecule has 0 fully saturated rings. The highest BCUT2D eigenvalue weighted by molar-refractivity contribution is 6.38. The van der Waals surface area contributed by atoms with Gasteiger partial charge in [0.2, 0.25) is 0 Å². The summed E-state index contributed by atoms with van der Waals surface area (Å²) in [4.78, 5) is 0. The van der Waals surface area contributed by atoms with Crippen molar-refractivity contribution in [2.45, 2.75) is 46.7 Å². The van der Waals surface area contributed by atoms with E-state index in [1.54, 1.807) is 0 Å². The van der Waals surface area contributed by atoms with Crippen LogP contribution in [0.15, 0.2) is 11.8 Å². The Morgan fingerprint density at radius 2 is 1.55 bits per heavy atom. The highest BCUT2D eigenvalue weighted by atomic mass is 28.2. The minimum atomic E-state index is -0.117. The maximum atomic E-state index is 2.60. The van der Waals surface area contributed by atoms with Gasteiger partial charge in [0.15, 0.2) is 0 Å². The average Bonchev–Trinajstić information content (AvgIpc) is 1.87. The van der Waals surface area contributed by atoms with Crippen molar-refractivity contribution >= 4 is 9.68 Å². The van der Waals surface area contributed by atoms with Crippen LogP contribution < -0.4 is 0 Å². The number of allylic oxidation sites excluding steroid dienone is 1. The van der Waals surface area contributed by atoms with Gasteiger partial charge in [-0.05, 0) is 19.0 Å². The summed E-state index contributed by atoms with van der Waals surface area (Å²) >= 11 is 0. The molecule has 0 bridgehead atoms. The molecule has 2 heteroatoms. The fourth-order valence-electron chi connectivity index (χ4n) is 1.25. The standard InChI is InChI=1S/C9H21NSi/c1-6-7-11-10(8(2)3)9(4)5/h6-9H,11H2,1-5H3. The fourth-order valence-corrected chi connectivity index (χ4v) is 2.54. The van der Waals surface area contributed by atoms with Crippen LogP contribution in [0.5, 0.6) is 0 Å². The summed E-state index contributed by atoms with van der Waals surface area (Å²) in [5.74, 6) is 0. The van der Waals surface area contributed by atoms with E-state index in [9.17, 15) is 0 Å². The molecular formula is C9H21NSi. The molecule has 0 amide bonds. The van der Waals surface area contributed by atoms with E-state index in [4.69, 9.17) is 0 Å². The van der Waals surface area contributed by atoms with Crippen LogP contribution in [0.1, 0.15) is 34.6 Å². The van der Waals surface area contributed by atoms with Crippen LogP contribution in [-0.4, -0.2) is 26.3 Å². The summed E-state index contributed by atoms with van der Waals surface area (Å²) in [6, 6.07) is 1.41. The first-order valence-electron chi connectivity index (χ1n) is 4.46. The number of hydrogen-bond acceptors (Lipinski definition) is 1. The van der Waals surface area contributed by atoms with Gasteiger partial charge < -0.3 is 4.57 Å². The zero-order valence-corrected chi connectivity index (χ0v) is 9.88. The average molecular weight is 171 g/mol. The van der Waals surface area contributed by atoms with Crippen LogP contribution in [0, 0.1) is 0 Å². The zero-order chi connectivity index (χ0) is 8.85. The van der Waals surface area contributed by atoms with Gasteiger partial charge in [0.1, 0.15) is 9.68 Å². The van der Waals surface area contributed by atoms with Crippen LogP contribution in [0.4, 0.5) is 0 Å². The summed E-state index contributed by atoms with van der Waals surface area (Å²) in [6.45, 7) is 11.2. The maximum Gasteiger partial charge on any atom is 0.119 e. The molecule has 1 nitrogen and oxygen atoms in total. The third-order valence-electron chi connectivity index (χ3n) is 1.88. The third kappa shape index (κ3) is 4.38. The Labute approximate surface area is 73.4 Å². The molecule has 0 aliphatic carbocycles. The summed E-state index contributed by atoms with van der Waals surface area (Å²) in [5, 5.41) is 0. The molecule has 0 rings (SSSR count). The smallest absolute Gasteiger partial charge is 0.119 e. The van der Waals surface area contributed by atoms with Crippen molar-refractivity contribution in [1.29, 1.82) is 0 Å². The van der Waals surface area contributed by atoms with Gasteiger partial charge in [0, 0.05) is 0 Å². The molecule has 0 saturated heterocycles. The molecule has 0 spiro atoms. The number of rotatable bonds is 4. The van der Waals surface area contributed by atoms with Crippen LogP contribution in [0.2, 0.25) is 0 Å². The highest BCUT2D eigenvalue weighted by Crippen LogP contribution is 2.02. The van der Waals surface area contributed by atoms with Gasteiger partial charge in [-0.1, -0.05) is 39.5 Å². The highest BCUT2D eigenvalue weighted by Gasteiger charge is 2.10. The monoisotopic (exact) mass is 171 g/mol. The summed E-state index contributed by atoms with van der Waals surface area (Å²) < 4.78 is 2.60.